The molecule has 0 bridgehead atoms. The number of fused-ring (bicyclic) bond motifs is 15. The molecule has 6 heteroatoms. The van der Waals surface area contributed by atoms with Crippen molar-refractivity contribution in [3.05, 3.63) is 522 Å². The van der Waals surface area contributed by atoms with E-state index >= 15 is 0 Å². The molecule has 0 aliphatic rings. The Balaban J connectivity index is 0.000000111. The van der Waals surface area contributed by atoms with Crippen LogP contribution in [0.15, 0.2) is 522 Å². The molecule has 0 saturated carbocycles. The van der Waals surface area contributed by atoms with E-state index in [1.54, 1.807) is 0 Å². The summed E-state index contributed by atoms with van der Waals surface area (Å²) in [6.07, 6.45) is 0. The predicted molar refractivity (Wildman–Crippen MR) is 589 cm³/mol. The van der Waals surface area contributed by atoms with Crippen molar-refractivity contribution in [3.63, 3.8) is 0 Å². The van der Waals surface area contributed by atoms with Crippen molar-refractivity contribution >= 4 is 119 Å². The number of rotatable bonds is 13. The highest BCUT2D eigenvalue weighted by Crippen LogP contribution is 2.48. The summed E-state index contributed by atoms with van der Waals surface area (Å²) < 4.78 is 0. The molecule has 21 aromatic carbocycles. The van der Waals surface area contributed by atoms with Gasteiger partial charge in [0.1, 0.15) is 0 Å². The molecule has 140 heavy (non-hydrogen) atoms. The predicted octanol–water partition coefficient (Wildman–Crippen LogP) is 35.8. The van der Waals surface area contributed by atoms with Gasteiger partial charge >= 0.3 is 0 Å². The van der Waals surface area contributed by atoms with E-state index in [-0.39, 0.29) is 0 Å². The summed E-state index contributed by atoms with van der Waals surface area (Å²) in [6, 6.07) is 185. The fourth-order valence-electron chi connectivity index (χ4n) is 20.6. The lowest BCUT2D eigenvalue weighted by Gasteiger charge is -2.16. The van der Waals surface area contributed by atoms with E-state index in [4.69, 9.17) is 29.9 Å². The maximum absolute atomic E-state index is 5.30. The molecule has 0 spiro atoms. The van der Waals surface area contributed by atoms with Crippen molar-refractivity contribution in [2.75, 3.05) is 0 Å². The Morgan fingerprint density at radius 3 is 0.671 bits per heavy atom. The summed E-state index contributed by atoms with van der Waals surface area (Å²) in [4.78, 5) is 31.1. The summed E-state index contributed by atoms with van der Waals surface area (Å²) in [6.45, 7) is 0. The van der Waals surface area contributed by atoms with Crippen LogP contribution in [0, 0.1) is 0 Å². The lowest BCUT2D eigenvalue weighted by Crippen LogP contribution is -1.93. The van der Waals surface area contributed by atoms with E-state index in [0.717, 1.165) is 160 Å². The Hall–Kier alpha value is -18.6. The van der Waals surface area contributed by atoms with Gasteiger partial charge in [-0.2, -0.15) is 0 Å². The fraction of sp³-hybridized carbons (Fsp3) is 0. The van der Waals surface area contributed by atoms with Crippen LogP contribution in [0.1, 0.15) is 0 Å². The van der Waals surface area contributed by atoms with Gasteiger partial charge in [0.25, 0.3) is 0 Å². The number of hydrogen-bond acceptors (Lipinski definition) is 6. The highest BCUT2D eigenvalue weighted by molar-refractivity contribution is 6.21. The molecule has 0 saturated heterocycles. The summed E-state index contributed by atoms with van der Waals surface area (Å²) in [5.41, 5.74) is 36.4. The molecule has 0 radical (unpaired) electrons. The largest absolute Gasteiger partial charge is 0.248 e. The van der Waals surface area contributed by atoms with Gasteiger partial charge in [-0.1, -0.05) is 455 Å². The standard InChI is InChI=1S/C46H30N2.2C44H28N2/c1-4-14-31(15-5-1)40-29-44(47-43-23-13-12-21-37(40)43)35-26-24-33(25-27-35)39-28-42-41(32-16-6-2-7-17-32)30-45(34-18-8-3-9-19-34)48-46(42)38-22-11-10-20-36(38)39;1-3-13-29(14-4-1)39-28-42(31-15-5-2-6-16-31)46-44-37-21-10-8-18-34(37)38(27-40(39)44)30-23-25-32(26-24-30)43-36-20-9-7-17-33(36)35-19-11-12-22-41(35)45-43;1-3-13-29(14-4-1)38-28-42(31-15-5-2-6-16-31)46-44-34-18-8-7-17-33(34)37(27-39(38)44)30-23-25-32(26-24-30)43-35-19-9-11-21-40(35)45-41-22-12-10-20-36(41)43/h1-30H;2*1-28H. The van der Waals surface area contributed by atoms with Gasteiger partial charge in [0.2, 0.25) is 0 Å². The van der Waals surface area contributed by atoms with Gasteiger partial charge in [-0.05, 0) is 172 Å². The maximum atomic E-state index is 5.30. The number of pyridine rings is 6. The van der Waals surface area contributed by atoms with Gasteiger partial charge < -0.3 is 0 Å². The molecule has 0 aliphatic carbocycles. The van der Waals surface area contributed by atoms with E-state index in [2.05, 4.69) is 510 Å². The second kappa shape index (κ2) is 36.3. The molecule has 0 atom stereocenters. The van der Waals surface area contributed by atoms with Gasteiger partial charge in [-0.3, -0.25) is 0 Å². The number of aromatic nitrogens is 6. The van der Waals surface area contributed by atoms with Crippen LogP contribution in [0.3, 0.4) is 0 Å². The van der Waals surface area contributed by atoms with E-state index in [9.17, 15) is 0 Å². The number of hydrogen-bond donors (Lipinski definition) is 0. The summed E-state index contributed by atoms with van der Waals surface area (Å²) >= 11 is 0. The molecule has 27 aromatic rings. The normalized spacial score (nSPS) is 11.4. The lowest BCUT2D eigenvalue weighted by atomic mass is 9.90. The monoisotopic (exact) mass is 1780 g/mol. The molecule has 0 fully saturated rings. The third-order valence-corrected chi connectivity index (χ3v) is 27.4. The first kappa shape index (κ1) is 83.2. The summed E-state index contributed by atoms with van der Waals surface area (Å²) in [7, 11) is 0. The van der Waals surface area contributed by atoms with Gasteiger partial charge in [-0.25, -0.2) is 29.9 Å². The molecule has 652 valence electrons. The van der Waals surface area contributed by atoms with Crippen molar-refractivity contribution in [1.29, 1.82) is 0 Å². The van der Waals surface area contributed by atoms with Gasteiger partial charge in [-0.15, -0.1) is 0 Å². The van der Waals surface area contributed by atoms with Gasteiger partial charge in [0.05, 0.1) is 67.1 Å². The molecule has 0 aliphatic heterocycles. The van der Waals surface area contributed by atoms with Crippen LogP contribution in [-0.4, -0.2) is 29.9 Å². The quantitative estimate of drug-likeness (QED) is 0.0846. The van der Waals surface area contributed by atoms with Gasteiger partial charge in [0.15, 0.2) is 0 Å². The average Bonchev–Trinajstić information content (AvgIpc) is 0.741. The van der Waals surface area contributed by atoms with Crippen LogP contribution in [0.5, 0.6) is 0 Å². The van der Waals surface area contributed by atoms with Crippen molar-refractivity contribution in [2.45, 2.75) is 0 Å². The lowest BCUT2D eigenvalue weighted by molar-refractivity contribution is 1.40. The van der Waals surface area contributed by atoms with Crippen molar-refractivity contribution in [3.8, 4) is 145 Å². The molecule has 0 unspecified atom stereocenters. The van der Waals surface area contributed by atoms with Gasteiger partial charge in [0, 0.05) is 92.6 Å². The molecule has 0 N–H and O–H groups in total. The molecule has 0 amide bonds. The van der Waals surface area contributed by atoms with Crippen LogP contribution >= 0.6 is 0 Å². The number of benzene rings is 21. The Labute approximate surface area is 810 Å². The van der Waals surface area contributed by atoms with Crippen molar-refractivity contribution in [2.24, 2.45) is 0 Å². The molecular formula is C134H86N6. The summed E-state index contributed by atoms with van der Waals surface area (Å²) in [5, 5.41) is 17.5. The van der Waals surface area contributed by atoms with E-state index in [0.29, 0.717) is 0 Å². The SMILES string of the molecule is c1ccc(-c2cc(-c3ccccc3)c3cc(-c4ccc(-c5c6ccccc6nc6ccccc56)cc4)c4ccccc4c3n2)cc1.c1ccc(-c2cc(-c3ccccc3)c3cc(-c4ccc(-c5cc(-c6ccccc6)c6ccccc6n5)cc4)c4ccccc4c3n2)cc1.c1ccc(-c2cc(-c3ccccc3)c3cc(-c4ccc(-c5nc6ccccc6c6ccccc56)cc4)c4ccccc4c3n2)cc1. The molecule has 6 heterocycles. The minimum atomic E-state index is 0.964. The highest BCUT2D eigenvalue weighted by Gasteiger charge is 2.24. The molecule has 6 aromatic heterocycles. The Kier molecular flexibility index (Phi) is 21.6. The second-order valence-corrected chi connectivity index (χ2v) is 35.7. The van der Waals surface area contributed by atoms with Crippen LogP contribution in [0.4, 0.5) is 0 Å². The van der Waals surface area contributed by atoms with Crippen LogP contribution in [0.2, 0.25) is 0 Å². The molecule has 6 nitrogen and oxygen atoms in total. The minimum Gasteiger partial charge on any atom is -0.248 e. The van der Waals surface area contributed by atoms with E-state index in [1.807, 2.05) is 12.1 Å². The Morgan fingerprint density at radius 2 is 0.321 bits per heavy atom. The van der Waals surface area contributed by atoms with Crippen LogP contribution in [0.25, 0.3) is 265 Å². The Morgan fingerprint density at radius 1 is 0.107 bits per heavy atom. The second-order valence-electron chi connectivity index (χ2n) is 35.7. The number of nitrogens with zero attached hydrogens (tertiary/aromatic N) is 6. The third kappa shape index (κ3) is 15.6. The van der Waals surface area contributed by atoms with E-state index in [1.165, 1.54) is 105 Å². The molecule has 27 rings (SSSR count). The zero-order chi connectivity index (χ0) is 92.8. The maximum Gasteiger partial charge on any atom is 0.0794 e. The number of para-hydroxylation sites is 4. The smallest absolute Gasteiger partial charge is 0.0794 e. The van der Waals surface area contributed by atoms with Crippen molar-refractivity contribution in [1.82, 2.24) is 29.9 Å². The van der Waals surface area contributed by atoms with Crippen LogP contribution in [-0.2, 0) is 0 Å². The van der Waals surface area contributed by atoms with E-state index < -0.39 is 0 Å². The minimum absolute atomic E-state index is 0.964. The highest BCUT2D eigenvalue weighted by atomic mass is 14.7. The topological polar surface area (TPSA) is 77.3 Å². The zero-order valence-corrected chi connectivity index (χ0v) is 76.3. The average molecular weight is 1780 g/mol. The van der Waals surface area contributed by atoms with Crippen molar-refractivity contribution < 1.29 is 0 Å². The van der Waals surface area contributed by atoms with Crippen LogP contribution < -0.4 is 0 Å². The zero-order valence-electron chi connectivity index (χ0n) is 76.3. The molecular weight excluding hydrogens is 1690 g/mol. The first-order valence-electron chi connectivity index (χ1n) is 47.7. The Bertz CT molecular complexity index is 9350. The first-order valence-corrected chi connectivity index (χ1v) is 47.7. The fourth-order valence-corrected chi connectivity index (χ4v) is 20.6. The summed E-state index contributed by atoms with van der Waals surface area (Å²) in [5.74, 6) is 0. The first-order chi connectivity index (χ1) is 69.4. The third-order valence-electron chi connectivity index (χ3n) is 27.4.